The van der Waals surface area contributed by atoms with Crippen molar-refractivity contribution in [3.05, 3.63) is 39.7 Å². The quantitative estimate of drug-likeness (QED) is 0.818. The van der Waals surface area contributed by atoms with Crippen LogP contribution >= 0.6 is 11.3 Å². The predicted octanol–water partition coefficient (Wildman–Crippen LogP) is 2.93. The van der Waals surface area contributed by atoms with Gasteiger partial charge in [-0.1, -0.05) is 31.2 Å². The highest BCUT2D eigenvalue weighted by Gasteiger charge is 2.24. The van der Waals surface area contributed by atoms with Crippen LogP contribution in [0.4, 0.5) is 0 Å². The van der Waals surface area contributed by atoms with E-state index in [4.69, 9.17) is 5.73 Å². The van der Waals surface area contributed by atoms with Gasteiger partial charge >= 0.3 is 0 Å². The van der Waals surface area contributed by atoms with E-state index in [9.17, 15) is 0 Å². The summed E-state index contributed by atoms with van der Waals surface area (Å²) in [5.74, 6) is 0.592. The van der Waals surface area contributed by atoms with Gasteiger partial charge in [0.15, 0.2) is 0 Å². The SMILES string of the molecule is CC1Cc2sc(CN)nc2-c2ccccc21. The van der Waals surface area contributed by atoms with E-state index >= 15 is 0 Å². The lowest BCUT2D eigenvalue weighted by molar-refractivity contribution is 0.756. The van der Waals surface area contributed by atoms with Crippen molar-refractivity contribution in [2.45, 2.75) is 25.8 Å². The van der Waals surface area contributed by atoms with Crippen LogP contribution in [-0.2, 0) is 13.0 Å². The number of hydrogen-bond acceptors (Lipinski definition) is 3. The highest BCUT2D eigenvalue weighted by molar-refractivity contribution is 7.12. The molecular formula is C13H14N2S. The average Bonchev–Trinajstić information content (AvgIpc) is 2.72. The largest absolute Gasteiger partial charge is 0.325 e. The molecule has 0 radical (unpaired) electrons. The van der Waals surface area contributed by atoms with E-state index in [2.05, 4.69) is 36.2 Å². The summed E-state index contributed by atoms with van der Waals surface area (Å²) in [7, 11) is 0. The molecule has 0 amide bonds. The molecule has 0 fully saturated rings. The Morgan fingerprint density at radius 1 is 1.44 bits per heavy atom. The summed E-state index contributed by atoms with van der Waals surface area (Å²) in [6, 6.07) is 8.58. The predicted molar refractivity (Wildman–Crippen MR) is 67.6 cm³/mol. The maximum atomic E-state index is 5.66. The van der Waals surface area contributed by atoms with Gasteiger partial charge in [-0.15, -0.1) is 11.3 Å². The smallest absolute Gasteiger partial charge is 0.107 e. The summed E-state index contributed by atoms with van der Waals surface area (Å²) in [4.78, 5) is 6.03. The molecular weight excluding hydrogens is 216 g/mol. The van der Waals surface area contributed by atoms with E-state index in [0.29, 0.717) is 12.5 Å². The molecule has 16 heavy (non-hydrogen) atoms. The number of nitrogens with two attached hydrogens (primary N) is 1. The molecule has 1 aliphatic carbocycles. The van der Waals surface area contributed by atoms with Crippen molar-refractivity contribution < 1.29 is 0 Å². The lowest BCUT2D eigenvalue weighted by Gasteiger charge is -2.21. The Bertz CT molecular complexity index is 530. The molecule has 0 saturated carbocycles. The third-order valence-electron chi connectivity index (χ3n) is 3.15. The first-order valence-electron chi connectivity index (χ1n) is 5.57. The number of thiazole rings is 1. The van der Waals surface area contributed by atoms with Crippen molar-refractivity contribution in [3.63, 3.8) is 0 Å². The van der Waals surface area contributed by atoms with Crippen LogP contribution in [0.5, 0.6) is 0 Å². The molecule has 1 unspecified atom stereocenters. The zero-order valence-corrected chi connectivity index (χ0v) is 10.1. The van der Waals surface area contributed by atoms with Gasteiger partial charge < -0.3 is 5.73 Å². The molecule has 1 aromatic carbocycles. The molecule has 82 valence electrons. The van der Waals surface area contributed by atoms with E-state index in [1.165, 1.54) is 21.7 Å². The molecule has 2 nitrogen and oxygen atoms in total. The maximum absolute atomic E-state index is 5.66. The zero-order chi connectivity index (χ0) is 11.1. The highest BCUT2D eigenvalue weighted by Crippen LogP contribution is 2.41. The Morgan fingerprint density at radius 2 is 2.25 bits per heavy atom. The van der Waals surface area contributed by atoms with Gasteiger partial charge in [-0.25, -0.2) is 4.98 Å². The topological polar surface area (TPSA) is 38.9 Å². The molecule has 2 N–H and O–H groups in total. The highest BCUT2D eigenvalue weighted by atomic mass is 32.1. The summed E-state index contributed by atoms with van der Waals surface area (Å²) in [5.41, 5.74) is 9.55. The van der Waals surface area contributed by atoms with Gasteiger partial charge in [-0.3, -0.25) is 0 Å². The van der Waals surface area contributed by atoms with Crippen LogP contribution in [-0.4, -0.2) is 4.98 Å². The number of aromatic nitrogens is 1. The Hall–Kier alpha value is -1.19. The second-order valence-corrected chi connectivity index (χ2v) is 5.44. The first kappa shape index (κ1) is 10.00. The minimum absolute atomic E-state index is 0.550. The standard InChI is InChI=1S/C13H14N2S/c1-8-6-11-13(15-12(7-14)16-11)10-5-3-2-4-9(8)10/h2-5,8H,6-7,14H2,1H3. The molecule has 0 aliphatic heterocycles. The fourth-order valence-electron chi connectivity index (χ4n) is 2.37. The second kappa shape index (κ2) is 3.68. The van der Waals surface area contributed by atoms with Crippen LogP contribution < -0.4 is 5.73 Å². The van der Waals surface area contributed by atoms with Gasteiger partial charge in [-0.2, -0.15) is 0 Å². The number of fused-ring (bicyclic) bond motifs is 3. The van der Waals surface area contributed by atoms with Crippen molar-refractivity contribution in [1.29, 1.82) is 0 Å². The van der Waals surface area contributed by atoms with Gasteiger partial charge in [-0.05, 0) is 17.9 Å². The maximum Gasteiger partial charge on any atom is 0.107 e. The van der Waals surface area contributed by atoms with Crippen molar-refractivity contribution in [2.24, 2.45) is 5.73 Å². The van der Waals surface area contributed by atoms with Gasteiger partial charge in [0.25, 0.3) is 0 Å². The molecule has 0 spiro atoms. The van der Waals surface area contributed by atoms with Crippen LogP contribution in [0.25, 0.3) is 11.3 Å². The van der Waals surface area contributed by atoms with Crippen LogP contribution in [0.2, 0.25) is 0 Å². The number of hydrogen-bond donors (Lipinski definition) is 1. The molecule has 0 saturated heterocycles. The fraction of sp³-hybridized carbons (Fsp3) is 0.308. The van der Waals surface area contributed by atoms with Crippen LogP contribution in [0.3, 0.4) is 0 Å². The average molecular weight is 230 g/mol. The number of nitrogens with zero attached hydrogens (tertiary/aromatic N) is 1. The first-order valence-corrected chi connectivity index (χ1v) is 6.39. The molecule has 1 aliphatic rings. The third-order valence-corrected chi connectivity index (χ3v) is 4.25. The summed E-state index contributed by atoms with van der Waals surface area (Å²) >= 11 is 1.77. The van der Waals surface area contributed by atoms with E-state index in [0.717, 1.165) is 11.4 Å². The normalized spacial score (nSPS) is 18.0. The van der Waals surface area contributed by atoms with Crippen molar-refractivity contribution in [1.82, 2.24) is 4.98 Å². The van der Waals surface area contributed by atoms with Gasteiger partial charge in [0, 0.05) is 17.0 Å². The Labute approximate surface area is 99.1 Å². The lowest BCUT2D eigenvalue weighted by Crippen LogP contribution is -2.06. The molecule has 3 rings (SSSR count). The van der Waals surface area contributed by atoms with Crippen LogP contribution in [0, 0.1) is 0 Å². The van der Waals surface area contributed by atoms with E-state index in [1.54, 1.807) is 11.3 Å². The molecule has 1 aromatic heterocycles. The van der Waals surface area contributed by atoms with E-state index in [-0.39, 0.29) is 0 Å². The van der Waals surface area contributed by atoms with Gasteiger partial charge in [0.05, 0.1) is 5.69 Å². The minimum Gasteiger partial charge on any atom is -0.325 e. The third kappa shape index (κ3) is 1.39. The van der Waals surface area contributed by atoms with Gasteiger partial charge in [0.1, 0.15) is 5.01 Å². The molecule has 0 bridgehead atoms. The van der Waals surface area contributed by atoms with Crippen molar-refractivity contribution >= 4 is 11.3 Å². The van der Waals surface area contributed by atoms with Crippen LogP contribution in [0.15, 0.2) is 24.3 Å². The lowest BCUT2D eigenvalue weighted by atomic mass is 9.86. The second-order valence-electron chi connectivity index (χ2n) is 4.28. The minimum atomic E-state index is 0.550. The summed E-state index contributed by atoms with van der Waals surface area (Å²) in [5, 5.41) is 1.05. The summed E-state index contributed by atoms with van der Waals surface area (Å²) < 4.78 is 0. The molecule has 2 aromatic rings. The summed E-state index contributed by atoms with van der Waals surface area (Å²) in [6.45, 7) is 2.83. The summed E-state index contributed by atoms with van der Waals surface area (Å²) in [6.07, 6.45) is 1.10. The van der Waals surface area contributed by atoms with Gasteiger partial charge in [0.2, 0.25) is 0 Å². The first-order chi connectivity index (χ1) is 7.79. The Balaban J connectivity index is 2.22. The number of benzene rings is 1. The van der Waals surface area contributed by atoms with E-state index in [1.807, 2.05) is 0 Å². The number of rotatable bonds is 1. The van der Waals surface area contributed by atoms with Crippen LogP contribution in [0.1, 0.15) is 28.3 Å². The monoisotopic (exact) mass is 230 g/mol. The van der Waals surface area contributed by atoms with E-state index < -0.39 is 0 Å². The molecule has 3 heteroatoms. The molecule has 1 heterocycles. The Kier molecular flexibility index (Phi) is 2.30. The Morgan fingerprint density at radius 3 is 3.06 bits per heavy atom. The fourth-order valence-corrected chi connectivity index (χ4v) is 3.46. The molecule has 1 atom stereocenters. The van der Waals surface area contributed by atoms with Crippen molar-refractivity contribution in [3.8, 4) is 11.3 Å². The van der Waals surface area contributed by atoms with Crippen molar-refractivity contribution in [2.75, 3.05) is 0 Å². The zero-order valence-electron chi connectivity index (χ0n) is 9.23.